The molecule has 0 fully saturated rings. The Hall–Kier alpha value is -1.32. The number of benzene rings is 1. The Morgan fingerprint density at radius 1 is 1.38 bits per heavy atom. The van der Waals surface area contributed by atoms with E-state index in [-0.39, 0.29) is 5.78 Å². The number of anilines is 1. The smallest absolute Gasteiger partial charge is 0.204 e. The Kier molecular flexibility index (Phi) is 2.99. The molecule has 1 aromatic carbocycles. The van der Waals surface area contributed by atoms with Crippen molar-refractivity contribution in [2.75, 3.05) is 5.73 Å². The van der Waals surface area contributed by atoms with Crippen LogP contribution in [0.5, 0.6) is 0 Å². The molecule has 2 nitrogen and oxygen atoms in total. The second kappa shape index (κ2) is 4.28. The quantitative estimate of drug-likeness (QED) is 0.656. The highest BCUT2D eigenvalue weighted by molar-refractivity contribution is 7.12. The van der Waals surface area contributed by atoms with E-state index in [0.717, 1.165) is 10.4 Å². The number of ketones is 1. The summed E-state index contributed by atoms with van der Waals surface area (Å²) < 4.78 is 0. The molecule has 1 heterocycles. The fourth-order valence-electron chi connectivity index (χ4n) is 1.44. The number of nitrogen functional groups attached to an aromatic ring is 1. The van der Waals surface area contributed by atoms with Crippen molar-refractivity contribution < 1.29 is 4.79 Å². The zero-order valence-corrected chi connectivity index (χ0v) is 10.2. The van der Waals surface area contributed by atoms with E-state index in [2.05, 4.69) is 0 Å². The molecule has 0 aliphatic rings. The first kappa shape index (κ1) is 11.2. The lowest BCUT2D eigenvalue weighted by Gasteiger charge is -2.03. The van der Waals surface area contributed by atoms with Gasteiger partial charge in [-0.3, -0.25) is 4.79 Å². The van der Waals surface area contributed by atoms with Gasteiger partial charge in [0.25, 0.3) is 0 Å². The van der Waals surface area contributed by atoms with Crippen LogP contribution in [0.3, 0.4) is 0 Å². The van der Waals surface area contributed by atoms with Crippen molar-refractivity contribution in [3.05, 3.63) is 50.7 Å². The van der Waals surface area contributed by atoms with Crippen molar-refractivity contribution in [1.82, 2.24) is 0 Å². The monoisotopic (exact) mass is 251 g/mol. The summed E-state index contributed by atoms with van der Waals surface area (Å²) in [5.74, 6) is -0.0440. The van der Waals surface area contributed by atoms with Crippen molar-refractivity contribution in [3.8, 4) is 0 Å². The van der Waals surface area contributed by atoms with Crippen molar-refractivity contribution in [2.24, 2.45) is 0 Å². The van der Waals surface area contributed by atoms with Gasteiger partial charge < -0.3 is 5.73 Å². The fraction of sp³-hybridized carbons (Fsp3) is 0.0833. The maximum absolute atomic E-state index is 12.1. The van der Waals surface area contributed by atoms with Crippen LogP contribution in [0.25, 0.3) is 0 Å². The van der Waals surface area contributed by atoms with Gasteiger partial charge in [-0.05, 0) is 42.1 Å². The summed E-state index contributed by atoms with van der Waals surface area (Å²) in [7, 11) is 0. The summed E-state index contributed by atoms with van der Waals surface area (Å²) in [6.45, 7) is 1.91. The van der Waals surface area contributed by atoms with Gasteiger partial charge in [-0.2, -0.15) is 0 Å². The lowest BCUT2D eigenvalue weighted by Crippen LogP contribution is -2.01. The zero-order valence-electron chi connectivity index (χ0n) is 8.66. The second-order valence-corrected chi connectivity index (χ2v) is 4.82. The molecule has 2 N–H and O–H groups in total. The summed E-state index contributed by atoms with van der Waals surface area (Å²) in [5.41, 5.74) is 7.62. The number of halogens is 1. The average Bonchev–Trinajstić information content (AvgIpc) is 2.63. The van der Waals surface area contributed by atoms with E-state index in [9.17, 15) is 4.79 Å². The van der Waals surface area contributed by atoms with Gasteiger partial charge in [0.05, 0.1) is 9.90 Å². The van der Waals surface area contributed by atoms with Crippen LogP contribution in [-0.2, 0) is 0 Å². The molecule has 16 heavy (non-hydrogen) atoms. The Morgan fingerprint density at radius 2 is 2.12 bits per heavy atom. The minimum Gasteiger partial charge on any atom is -0.399 e. The number of thiophene rings is 1. The van der Waals surface area contributed by atoms with E-state index in [1.54, 1.807) is 18.2 Å². The highest BCUT2D eigenvalue weighted by atomic mass is 35.5. The molecule has 0 aliphatic heterocycles. The van der Waals surface area contributed by atoms with E-state index in [0.29, 0.717) is 16.3 Å². The Balaban J connectivity index is 2.46. The molecule has 0 amide bonds. The molecule has 2 aromatic rings. The summed E-state index contributed by atoms with van der Waals surface area (Å²) >= 11 is 7.42. The molecule has 0 saturated carbocycles. The van der Waals surface area contributed by atoms with Crippen molar-refractivity contribution in [3.63, 3.8) is 0 Å². The molecule has 0 atom stereocenters. The Bertz CT molecular complexity index is 548. The minimum absolute atomic E-state index is 0.0440. The van der Waals surface area contributed by atoms with Gasteiger partial charge in [0.1, 0.15) is 0 Å². The first-order valence-corrected chi connectivity index (χ1v) is 5.99. The highest BCUT2D eigenvalue weighted by Crippen LogP contribution is 2.25. The molecule has 0 aliphatic carbocycles. The van der Waals surface area contributed by atoms with Gasteiger partial charge in [-0.25, -0.2) is 0 Å². The molecule has 2 rings (SSSR count). The lowest BCUT2D eigenvalue weighted by molar-refractivity contribution is 0.104. The number of aryl methyl sites for hydroxylation is 1. The number of hydrogen-bond acceptors (Lipinski definition) is 3. The molecule has 1 aromatic heterocycles. The molecular formula is C12H10ClNOS. The molecule has 0 radical (unpaired) electrons. The maximum Gasteiger partial charge on any atom is 0.204 e. The molecule has 0 saturated heterocycles. The Morgan fingerprint density at radius 3 is 2.69 bits per heavy atom. The van der Waals surface area contributed by atoms with Crippen molar-refractivity contribution in [2.45, 2.75) is 6.92 Å². The third kappa shape index (κ3) is 1.96. The lowest BCUT2D eigenvalue weighted by atomic mass is 10.1. The Labute approximate surface area is 103 Å². The summed E-state index contributed by atoms with van der Waals surface area (Å²) in [6, 6.07) is 6.86. The summed E-state index contributed by atoms with van der Waals surface area (Å²) in [6.07, 6.45) is 0. The van der Waals surface area contributed by atoms with E-state index < -0.39 is 0 Å². The summed E-state index contributed by atoms with van der Waals surface area (Å²) in [4.78, 5) is 12.9. The molecular weight excluding hydrogens is 242 g/mol. The molecule has 0 spiro atoms. The zero-order chi connectivity index (χ0) is 11.7. The van der Waals surface area contributed by atoms with E-state index in [1.807, 2.05) is 18.4 Å². The predicted molar refractivity (Wildman–Crippen MR) is 68.4 cm³/mol. The standard InChI is InChI=1S/C12H10ClNOS/c1-7-4-5-16-12(7)11(15)9-3-2-8(14)6-10(9)13/h2-6H,14H2,1H3. The fourth-order valence-corrected chi connectivity index (χ4v) is 2.60. The van der Waals surface area contributed by atoms with E-state index >= 15 is 0 Å². The molecule has 4 heteroatoms. The van der Waals surface area contributed by atoms with Crippen LogP contribution in [0.2, 0.25) is 5.02 Å². The number of rotatable bonds is 2. The molecule has 0 unspecified atom stereocenters. The normalized spacial score (nSPS) is 10.4. The van der Waals surface area contributed by atoms with Crippen molar-refractivity contribution in [1.29, 1.82) is 0 Å². The van der Waals surface area contributed by atoms with Gasteiger partial charge in [-0.15, -0.1) is 11.3 Å². The molecule has 82 valence electrons. The molecule has 0 bridgehead atoms. The number of nitrogens with two attached hydrogens (primary N) is 1. The van der Waals surface area contributed by atoms with Crippen LogP contribution >= 0.6 is 22.9 Å². The van der Waals surface area contributed by atoms with Crippen LogP contribution < -0.4 is 5.73 Å². The van der Waals surface area contributed by atoms with E-state index in [1.165, 1.54) is 11.3 Å². The third-order valence-corrected chi connectivity index (χ3v) is 3.63. The highest BCUT2D eigenvalue weighted by Gasteiger charge is 2.15. The van der Waals surface area contributed by atoms with Crippen LogP contribution in [0.15, 0.2) is 29.6 Å². The van der Waals surface area contributed by atoms with Gasteiger partial charge in [0.2, 0.25) is 5.78 Å². The minimum atomic E-state index is -0.0440. The number of carbonyl (C=O) groups excluding carboxylic acids is 1. The first-order chi connectivity index (χ1) is 7.59. The largest absolute Gasteiger partial charge is 0.399 e. The second-order valence-electron chi connectivity index (χ2n) is 3.50. The topological polar surface area (TPSA) is 43.1 Å². The van der Waals surface area contributed by atoms with Gasteiger partial charge >= 0.3 is 0 Å². The summed E-state index contributed by atoms with van der Waals surface area (Å²) in [5, 5.41) is 2.30. The van der Waals surface area contributed by atoms with Gasteiger partial charge in [-0.1, -0.05) is 11.6 Å². The average molecular weight is 252 g/mol. The van der Waals surface area contributed by atoms with Crippen LogP contribution in [-0.4, -0.2) is 5.78 Å². The van der Waals surface area contributed by atoms with Crippen LogP contribution in [0.4, 0.5) is 5.69 Å². The van der Waals surface area contributed by atoms with Gasteiger partial charge in [0.15, 0.2) is 0 Å². The van der Waals surface area contributed by atoms with Gasteiger partial charge in [0, 0.05) is 11.3 Å². The third-order valence-electron chi connectivity index (χ3n) is 2.31. The van der Waals surface area contributed by atoms with Crippen molar-refractivity contribution >= 4 is 34.4 Å². The van der Waals surface area contributed by atoms with Crippen LogP contribution in [0.1, 0.15) is 20.8 Å². The number of carbonyl (C=O) groups is 1. The van der Waals surface area contributed by atoms with Crippen LogP contribution in [0, 0.1) is 6.92 Å². The maximum atomic E-state index is 12.1. The van der Waals surface area contributed by atoms with E-state index in [4.69, 9.17) is 17.3 Å². The number of hydrogen-bond donors (Lipinski definition) is 1. The first-order valence-electron chi connectivity index (χ1n) is 4.73. The predicted octanol–water partition coefficient (Wildman–Crippen LogP) is 3.52. The SMILES string of the molecule is Cc1ccsc1C(=O)c1ccc(N)cc1Cl.